The van der Waals surface area contributed by atoms with E-state index in [2.05, 4.69) is 25.1 Å². The summed E-state index contributed by atoms with van der Waals surface area (Å²) in [6.07, 6.45) is 8.81. The highest BCUT2D eigenvalue weighted by molar-refractivity contribution is 6.08. The number of benzene rings is 1. The number of rotatable bonds is 4. The fourth-order valence-electron chi connectivity index (χ4n) is 9.37. The Morgan fingerprint density at radius 2 is 1.84 bits per heavy atom. The van der Waals surface area contributed by atoms with E-state index in [0.29, 0.717) is 17.8 Å². The van der Waals surface area contributed by atoms with Gasteiger partial charge in [0.05, 0.1) is 16.6 Å². The Kier molecular flexibility index (Phi) is 5.64. The number of hydrogen-bond acceptors (Lipinski definition) is 7. The van der Waals surface area contributed by atoms with E-state index in [1.165, 1.54) is 24.6 Å². The summed E-state index contributed by atoms with van der Waals surface area (Å²) in [7, 11) is 0. The first-order valence-corrected chi connectivity index (χ1v) is 13.9. The van der Waals surface area contributed by atoms with Crippen molar-refractivity contribution in [2.75, 3.05) is 0 Å². The molecule has 1 aliphatic heterocycles. The molecule has 4 aliphatic carbocycles. The number of nitro benzene ring substituents is 1. The maximum Gasteiger partial charge on any atom is 0.302 e. The van der Waals surface area contributed by atoms with Crippen LogP contribution in [0.2, 0.25) is 0 Å². The summed E-state index contributed by atoms with van der Waals surface area (Å²) in [5.41, 5.74) is 1.72. The van der Waals surface area contributed by atoms with Crippen molar-refractivity contribution in [3.8, 4) is 0 Å². The van der Waals surface area contributed by atoms with Crippen molar-refractivity contribution in [2.24, 2.45) is 39.7 Å². The third kappa shape index (κ3) is 3.31. The van der Waals surface area contributed by atoms with Gasteiger partial charge in [-0.3, -0.25) is 19.7 Å². The van der Waals surface area contributed by atoms with Gasteiger partial charge < -0.3 is 9.57 Å². The number of Topliss-reactive ketones (excluding diaryl/α,β-unsaturated/α-hetero) is 1. The van der Waals surface area contributed by atoms with Gasteiger partial charge in [-0.25, -0.2) is 0 Å². The number of nitrogens with zero attached hydrogens (tertiary/aromatic N) is 2. The molecule has 8 nitrogen and oxygen atoms in total. The predicted molar refractivity (Wildman–Crippen MR) is 140 cm³/mol. The second-order valence-electron chi connectivity index (χ2n) is 12.6. The van der Waals surface area contributed by atoms with E-state index in [4.69, 9.17) is 9.57 Å². The van der Waals surface area contributed by atoms with Gasteiger partial charge in [-0.1, -0.05) is 30.7 Å². The molecule has 8 atom stereocenters. The summed E-state index contributed by atoms with van der Waals surface area (Å²) in [6.45, 7) is 7.76. The van der Waals surface area contributed by atoms with Crippen molar-refractivity contribution >= 4 is 23.2 Å². The lowest BCUT2D eigenvalue weighted by Gasteiger charge is -2.58. The number of nitro groups is 1. The molecule has 1 aromatic rings. The maximum atomic E-state index is 13.5. The van der Waals surface area contributed by atoms with E-state index in [1.807, 2.05) is 0 Å². The average Bonchev–Trinajstić information content (AvgIpc) is 3.38. The zero-order chi connectivity index (χ0) is 27.0. The number of hydrogen-bond donors (Lipinski definition) is 0. The summed E-state index contributed by atoms with van der Waals surface area (Å²) in [5.74, 6) is 0.899. The Labute approximate surface area is 223 Å². The second kappa shape index (κ2) is 8.48. The minimum Gasteiger partial charge on any atom is -0.462 e. The number of non-ortho nitro benzene ring substituents is 1. The highest BCUT2D eigenvalue weighted by Crippen LogP contribution is 2.70. The molecular formula is C30H36N2O6. The highest BCUT2D eigenvalue weighted by atomic mass is 16.7. The van der Waals surface area contributed by atoms with Crippen LogP contribution < -0.4 is 0 Å². The molecule has 0 bridgehead atoms. The van der Waals surface area contributed by atoms with Crippen molar-refractivity contribution in [3.63, 3.8) is 0 Å². The molecule has 6 rings (SSSR count). The molecule has 0 radical (unpaired) electrons. The number of carbonyl (C=O) groups excluding carboxylic acids is 2. The van der Waals surface area contributed by atoms with Crippen molar-refractivity contribution in [1.29, 1.82) is 0 Å². The number of ether oxygens (including phenoxy) is 1. The number of fused-ring (bicyclic) bond motifs is 7. The second-order valence-corrected chi connectivity index (χ2v) is 12.6. The van der Waals surface area contributed by atoms with E-state index in [9.17, 15) is 19.7 Å². The molecule has 0 saturated heterocycles. The number of ketones is 1. The van der Waals surface area contributed by atoms with Gasteiger partial charge in [0.25, 0.3) is 5.69 Å². The van der Waals surface area contributed by atoms with Gasteiger partial charge in [0, 0.05) is 36.5 Å². The molecular weight excluding hydrogens is 484 g/mol. The van der Waals surface area contributed by atoms with Gasteiger partial charge in [-0.15, -0.1) is 0 Å². The molecule has 5 aliphatic rings. The lowest BCUT2D eigenvalue weighted by atomic mass is 9.46. The van der Waals surface area contributed by atoms with Crippen LogP contribution in [0.4, 0.5) is 5.69 Å². The molecule has 202 valence electrons. The molecule has 3 unspecified atom stereocenters. The predicted octanol–water partition coefficient (Wildman–Crippen LogP) is 5.78. The number of esters is 1. The van der Waals surface area contributed by atoms with Gasteiger partial charge in [-0.2, -0.15) is 0 Å². The van der Waals surface area contributed by atoms with Crippen LogP contribution in [0.3, 0.4) is 0 Å². The smallest absolute Gasteiger partial charge is 0.302 e. The van der Waals surface area contributed by atoms with Crippen LogP contribution in [0.5, 0.6) is 0 Å². The molecule has 3 fully saturated rings. The van der Waals surface area contributed by atoms with Crippen LogP contribution >= 0.6 is 0 Å². The van der Waals surface area contributed by atoms with Gasteiger partial charge in [0.15, 0.2) is 5.78 Å². The van der Waals surface area contributed by atoms with E-state index in [1.54, 1.807) is 19.1 Å². The van der Waals surface area contributed by atoms with Gasteiger partial charge >= 0.3 is 5.97 Å². The normalized spacial score (nSPS) is 40.9. The first-order valence-electron chi connectivity index (χ1n) is 13.9. The van der Waals surface area contributed by atoms with Crippen LogP contribution in [0, 0.1) is 44.6 Å². The fourth-order valence-corrected chi connectivity index (χ4v) is 9.37. The van der Waals surface area contributed by atoms with Crippen LogP contribution in [0.1, 0.15) is 78.2 Å². The zero-order valence-corrected chi connectivity index (χ0v) is 22.6. The Morgan fingerprint density at radius 1 is 1.11 bits per heavy atom. The Morgan fingerprint density at radius 3 is 2.50 bits per heavy atom. The van der Waals surface area contributed by atoms with Crippen LogP contribution in [-0.4, -0.2) is 34.1 Å². The zero-order valence-electron chi connectivity index (χ0n) is 22.6. The first kappa shape index (κ1) is 25.3. The summed E-state index contributed by atoms with van der Waals surface area (Å²) in [5, 5.41) is 15.7. The largest absolute Gasteiger partial charge is 0.462 e. The summed E-state index contributed by atoms with van der Waals surface area (Å²) in [6, 6.07) is 6.43. The van der Waals surface area contributed by atoms with Crippen molar-refractivity contribution in [3.05, 3.63) is 51.6 Å². The molecule has 3 saturated carbocycles. The van der Waals surface area contributed by atoms with E-state index < -0.39 is 10.5 Å². The first-order chi connectivity index (χ1) is 18.0. The van der Waals surface area contributed by atoms with Crippen LogP contribution in [0.15, 0.2) is 41.1 Å². The highest BCUT2D eigenvalue weighted by Gasteiger charge is 2.74. The standard InChI is InChI=1S/C30H36N2O6/c1-17(33)30-26(27(31-38-30)19-5-8-21(9-6-19)32(35)36)16-25-23-10-7-20-15-22(37-18(2)34)11-13-28(20,3)24(23)12-14-29(25,30)4/h5-9,22-26H,10-16H2,1-4H3/t22-,23?,24?,25?,26-,28-,29-,30+/m0/s1. The minimum atomic E-state index is -1.00. The number of oxime groups is 1. The number of carbonyl (C=O) groups is 2. The molecule has 1 aromatic carbocycles. The summed E-state index contributed by atoms with van der Waals surface area (Å²) < 4.78 is 5.59. The Balaban J connectivity index is 1.33. The third-order valence-electron chi connectivity index (χ3n) is 11.1. The van der Waals surface area contributed by atoms with Crippen LogP contribution in [0.25, 0.3) is 0 Å². The van der Waals surface area contributed by atoms with Crippen molar-refractivity contribution in [2.45, 2.75) is 84.3 Å². The van der Waals surface area contributed by atoms with Gasteiger partial charge in [-0.05, 0) is 80.8 Å². The van der Waals surface area contributed by atoms with Crippen LogP contribution in [-0.2, 0) is 19.2 Å². The summed E-state index contributed by atoms with van der Waals surface area (Å²) in [4.78, 5) is 42.1. The molecule has 1 heterocycles. The monoisotopic (exact) mass is 520 g/mol. The van der Waals surface area contributed by atoms with Crippen molar-refractivity contribution < 1.29 is 24.1 Å². The van der Waals surface area contributed by atoms with E-state index >= 15 is 0 Å². The lowest BCUT2D eigenvalue weighted by Crippen LogP contribution is -2.58. The molecule has 0 amide bonds. The molecule has 8 heteroatoms. The molecule has 0 spiro atoms. The van der Waals surface area contributed by atoms with Gasteiger partial charge in [0.2, 0.25) is 5.60 Å². The SMILES string of the molecule is CC(=O)O[C@H]1CC[C@@]2(C)C(=CCC3C2CC[C@@]2(C)C3C[C@H]3C(c4ccc([N+](=O)[O-])cc4)=NO[C@]32C(C)=O)C1. The third-order valence-corrected chi connectivity index (χ3v) is 11.1. The summed E-state index contributed by atoms with van der Waals surface area (Å²) >= 11 is 0. The topological polar surface area (TPSA) is 108 Å². The number of allylic oxidation sites excluding steroid dienone is 1. The minimum absolute atomic E-state index is 0.0201. The fraction of sp³-hybridized carbons (Fsp3) is 0.633. The van der Waals surface area contributed by atoms with E-state index in [0.717, 1.165) is 56.2 Å². The quantitative estimate of drug-likeness (QED) is 0.216. The van der Waals surface area contributed by atoms with E-state index in [-0.39, 0.29) is 40.3 Å². The molecule has 0 aromatic heterocycles. The maximum absolute atomic E-state index is 13.5. The molecule has 0 N–H and O–H groups in total. The van der Waals surface area contributed by atoms with Gasteiger partial charge in [0.1, 0.15) is 6.10 Å². The lowest BCUT2D eigenvalue weighted by molar-refractivity contribution is -0.384. The van der Waals surface area contributed by atoms with Crippen molar-refractivity contribution in [1.82, 2.24) is 0 Å². The average molecular weight is 521 g/mol. The molecule has 38 heavy (non-hydrogen) atoms. The Hall–Kier alpha value is -3.03. The Bertz CT molecular complexity index is 1270.